The number of nitrogens with one attached hydrogen (secondary N) is 1. The van der Waals surface area contributed by atoms with E-state index in [0.29, 0.717) is 31.0 Å². The molecule has 0 aromatic carbocycles. The molecule has 2 saturated heterocycles. The molecule has 2 aliphatic rings. The predicted molar refractivity (Wildman–Crippen MR) is 87.9 cm³/mol. The van der Waals surface area contributed by atoms with Crippen LogP contribution in [0.5, 0.6) is 0 Å². The van der Waals surface area contributed by atoms with Gasteiger partial charge in [0.15, 0.2) is 0 Å². The molecule has 0 aliphatic carbocycles. The van der Waals surface area contributed by atoms with Gasteiger partial charge in [-0.1, -0.05) is 0 Å². The molecular formula is C17H25N3O4. The van der Waals surface area contributed by atoms with E-state index < -0.39 is 0 Å². The maximum atomic E-state index is 12.5. The van der Waals surface area contributed by atoms with E-state index >= 15 is 0 Å². The zero-order valence-electron chi connectivity index (χ0n) is 14.5. The monoisotopic (exact) mass is 335 g/mol. The lowest BCUT2D eigenvalue weighted by Gasteiger charge is -2.38. The maximum Gasteiger partial charge on any atom is 0.317 e. The van der Waals surface area contributed by atoms with Crippen LogP contribution in [0, 0.1) is 6.92 Å². The zero-order chi connectivity index (χ0) is 17.3. The molecule has 1 N–H and O–H groups in total. The number of amides is 3. The lowest BCUT2D eigenvalue weighted by molar-refractivity contribution is -0.0389. The van der Waals surface area contributed by atoms with Crippen LogP contribution in [0.15, 0.2) is 16.7 Å². The van der Waals surface area contributed by atoms with Crippen LogP contribution < -0.4 is 5.32 Å². The fraction of sp³-hybridized carbons (Fsp3) is 0.647. The van der Waals surface area contributed by atoms with E-state index in [-0.39, 0.29) is 23.6 Å². The number of carbonyl (C=O) groups excluding carboxylic acids is 2. The quantitative estimate of drug-likeness (QED) is 0.891. The van der Waals surface area contributed by atoms with E-state index in [9.17, 15) is 9.59 Å². The second-order valence-electron chi connectivity index (χ2n) is 6.92. The topological polar surface area (TPSA) is 75.0 Å². The highest BCUT2D eigenvalue weighted by Crippen LogP contribution is 2.36. The van der Waals surface area contributed by atoms with Gasteiger partial charge in [0.05, 0.1) is 30.1 Å². The molecule has 24 heavy (non-hydrogen) atoms. The number of piperidine rings is 1. The standard InChI is InChI=1S/C17H25N3O4/c1-12-14(4-9-23-12)15(21)20-7-5-17(6-8-20)10-13(11-24-17)18-16(22)19(2)3/h4,9,13H,5-8,10-11H2,1-3H3,(H,18,22)/t13-/m1/s1. The van der Waals surface area contributed by atoms with Crippen molar-refractivity contribution in [2.24, 2.45) is 0 Å². The lowest BCUT2D eigenvalue weighted by atomic mass is 9.87. The van der Waals surface area contributed by atoms with Crippen LogP contribution in [-0.4, -0.2) is 67.2 Å². The highest BCUT2D eigenvalue weighted by Gasteiger charge is 2.44. The minimum absolute atomic E-state index is 0.0200. The van der Waals surface area contributed by atoms with E-state index in [1.165, 1.54) is 4.90 Å². The molecule has 7 nitrogen and oxygen atoms in total. The SMILES string of the molecule is Cc1occc1C(=O)N1CCC2(CC1)C[C@@H](NC(=O)N(C)C)CO2. The number of aryl methyl sites for hydroxylation is 1. The Kier molecular flexibility index (Phi) is 4.54. The first-order chi connectivity index (χ1) is 11.4. The number of carbonyl (C=O) groups is 2. The van der Waals surface area contributed by atoms with Gasteiger partial charge in [0, 0.05) is 27.2 Å². The molecule has 132 valence electrons. The van der Waals surface area contributed by atoms with E-state index in [4.69, 9.17) is 9.15 Å². The molecule has 3 rings (SSSR count). The van der Waals surface area contributed by atoms with Crippen LogP contribution >= 0.6 is 0 Å². The highest BCUT2D eigenvalue weighted by molar-refractivity contribution is 5.95. The lowest BCUT2D eigenvalue weighted by Crippen LogP contribution is -2.47. The normalized spacial score (nSPS) is 22.6. The Morgan fingerprint density at radius 1 is 1.33 bits per heavy atom. The Labute approximate surface area is 141 Å². The molecule has 1 spiro atoms. The summed E-state index contributed by atoms with van der Waals surface area (Å²) < 4.78 is 11.3. The average Bonchev–Trinajstić information content (AvgIpc) is 3.14. The molecule has 0 radical (unpaired) electrons. The Balaban J connectivity index is 1.55. The van der Waals surface area contributed by atoms with Gasteiger partial charge in [-0.05, 0) is 32.3 Å². The minimum Gasteiger partial charge on any atom is -0.469 e. The molecule has 1 atom stereocenters. The summed E-state index contributed by atoms with van der Waals surface area (Å²) in [6, 6.07) is 1.67. The number of urea groups is 1. The molecule has 7 heteroatoms. The van der Waals surface area contributed by atoms with Gasteiger partial charge in [-0.3, -0.25) is 4.79 Å². The summed E-state index contributed by atoms with van der Waals surface area (Å²) in [5, 5.41) is 2.98. The maximum absolute atomic E-state index is 12.5. The van der Waals surface area contributed by atoms with Crippen molar-refractivity contribution >= 4 is 11.9 Å². The molecule has 0 unspecified atom stereocenters. The zero-order valence-corrected chi connectivity index (χ0v) is 14.5. The van der Waals surface area contributed by atoms with E-state index in [2.05, 4.69) is 5.32 Å². The molecule has 0 saturated carbocycles. The van der Waals surface area contributed by atoms with Gasteiger partial charge >= 0.3 is 6.03 Å². The van der Waals surface area contributed by atoms with Gasteiger partial charge in [-0.15, -0.1) is 0 Å². The number of rotatable bonds is 2. The van der Waals surface area contributed by atoms with Crippen molar-refractivity contribution in [2.75, 3.05) is 33.8 Å². The Bertz CT molecular complexity index is 617. The summed E-state index contributed by atoms with van der Waals surface area (Å²) >= 11 is 0. The summed E-state index contributed by atoms with van der Waals surface area (Å²) in [5.74, 6) is 0.676. The largest absolute Gasteiger partial charge is 0.469 e. The van der Waals surface area contributed by atoms with Crippen LogP contribution in [0.2, 0.25) is 0 Å². The van der Waals surface area contributed by atoms with Crippen molar-refractivity contribution < 1.29 is 18.7 Å². The van der Waals surface area contributed by atoms with Crippen molar-refractivity contribution in [3.63, 3.8) is 0 Å². The molecule has 2 aliphatic heterocycles. The van der Waals surface area contributed by atoms with Gasteiger partial charge in [0.1, 0.15) is 5.76 Å². The molecule has 1 aromatic heterocycles. The highest BCUT2D eigenvalue weighted by atomic mass is 16.5. The molecule has 1 aromatic rings. The predicted octanol–water partition coefficient (Wildman–Crippen LogP) is 1.62. The number of hydrogen-bond acceptors (Lipinski definition) is 4. The fourth-order valence-corrected chi connectivity index (χ4v) is 3.48. The van der Waals surface area contributed by atoms with Crippen molar-refractivity contribution in [1.82, 2.24) is 15.1 Å². The van der Waals surface area contributed by atoms with Crippen LogP contribution in [0.3, 0.4) is 0 Å². The molecule has 2 fully saturated rings. The van der Waals surface area contributed by atoms with Crippen molar-refractivity contribution in [2.45, 2.75) is 37.8 Å². The number of likely N-dealkylation sites (tertiary alicyclic amines) is 1. The Hall–Kier alpha value is -2.02. The minimum atomic E-state index is -0.216. The van der Waals surface area contributed by atoms with Crippen molar-refractivity contribution in [3.05, 3.63) is 23.7 Å². The smallest absolute Gasteiger partial charge is 0.317 e. The van der Waals surface area contributed by atoms with Gasteiger partial charge in [-0.2, -0.15) is 0 Å². The number of furan rings is 1. The average molecular weight is 335 g/mol. The first-order valence-electron chi connectivity index (χ1n) is 8.35. The van der Waals surface area contributed by atoms with E-state index in [1.54, 1.807) is 33.3 Å². The van der Waals surface area contributed by atoms with Crippen LogP contribution in [-0.2, 0) is 4.74 Å². The summed E-state index contributed by atoms with van der Waals surface area (Å²) in [5.41, 5.74) is 0.418. The number of hydrogen-bond donors (Lipinski definition) is 1. The van der Waals surface area contributed by atoms with Crippen molar-refractivity contribution in [1.29, 1.82) is 0 Å². The summed E-state index contributed by atoms with van der Waals surface area (Å²) in [7, 11) is 3.45. The third-order valence-corrected chi connectivity index (χ3v) is 4.99. The van der Waals surface area contributed by atoms with Gasteiger partial charge in [-0.25, -0.2) is 4.79 Å². The van der Waals surface area contributed by atoms with Crippen LogP contribution in [0.4, 0.5) is 4.79 Å². The second kappa shape index (κ2) is 6.47. The van der Waals surface area contributed by atoms with E-state index in [1.807, 2.05) is 4.90 Å². The molecular weight excluding hydrogens is 310 g/mol. The third-order valence-electron chi connectivity index (χ3n) is 4.99. The number of ether oxygens (including phenoxy) is 1. The Morgan fingerprint density at radius 3 is 2.62 bits per heavy atom. The molecule has 3 amide bonds. The molecule has 0 bridgehead atoms. The van der Waals surface area contributed by atoms with Gasteiger partial charge in [0.25, 0.3) is 5.91 Å². The molecule has 3 heterocycles. The van der Waals surface area contributed by atoms with Crippen LogP contribution in [0.1, 0.15) is 35.4 Å². The summed E-state index contributed by atoms with van der Waals surface area (Å²) in [6.07, 6.45) is 3.94. The summed E-state index contributed by atoms with van der Waals surface area (Å²) in [6.45, 7) is 3.67. The van der Waals surface area contributed by atoms with Gasteiger partial charge < -0.3 is 24.3 Å². The second-order valence-corrected chi connectivity index (χ2v) is 6.92. The summed E-state index contributed by atoms with van der Waals surface area (Å²) in [4.78, 5) is 27.7. The van der Waals surface area contributed by atoms with E-state index in [0.717, 1.165) is 19.3 Å². The number of nitrogens with zero attached hydrogens (tertiary/aromatic N) is 2. The third kappa shape index (κ3) is 3.26. The van der Waals surface area contributed by atoms with Crippen LogP contribution in [0.25, 0.3) is 0 Å². The first-order valence-corrected chi connectivity index (χ1v) is 8.35. The Morgan fingerprint density at radius 2 is 2.04 bits per heavy atom. The van der Waals surface area contributed by atoms with Crippen molar-refractivity contribution in [3.8, 4) is 0 Å². The van der Waals surface area contributed by atoms with Gasteiger partial charge in [0.2, 0.25) is 0 Å². The fourth-order valence-electron chi connectivity index (χ4n) is 3.48. The first kappa shape index (κ1) is 16.8.